The van der Waals surface area contributed by atoms with Crippen LogP contribution in [0.5, 0.6) is 0 Å². The van der Waals surface area contributed by atoms with E-state index in [1.165, 1.54) is 4.70 Å². The number of aromatic amines is 1. The topological polar surface area (TPSA) is 66.5 Å². The first kappa shape index (κ1) is 12.3. The Balaban J connectivity index is 1.90. The van der Waals surface area contributed by atoms with E-state index < -0.39 is 0 Å². The van der Waals surface area contributed by atoms with E-state index in [1.54, 1.807) is 11.3 Å². The maximum atomic E-state index is 4.50. The van der Waals surface area contributed by atoms with Gasteiger partial charge in [0.2, 0.25) is 5.95 Å². The molecule has 0 radical (unpaired) electrons. The van der Waals surface area contributed by atoms with Crippen molar-refractivity contribution in [3.05, 3.63) is 35.6 Å². The van der Waals surface area contributed by atoms with Gasteiger partial charge in [-0.3, -0.25) is 0 Å². The molecule has 21 heavy (non-hydrogen) atoms. The van der Waals surface area contributed by atoms with E-state index in [0.717, 1.165) is 32.7 Å². The van der Waals surface area contributed by atoms with Gasteiger partial charge in [0.05, 0.1) is 15.2 Å². The van der Waals surface area contributed by atoms with Crippen molar-refractivity contribution < 1.29 is 0 Å². The number of rotatable bonds is 2. The molecule has 0 amide bonds. The fraction of sp³-hybridized carbons (Fsp3) is 0.133. The molecule has 0 saturated heterocycles. The van der Waals surface area contributed by atoms with Crippen molar-refractivity contribution in [1.29, 1.82) is 0 Å². The van der Waals surface area contributed by atoms with E-state index in [1.807, 2.05) is 26.4 Å². The van der Waals surface area contributed by atoms with Gasteiger partial charge >= 0.3 is 0 Å². The standard InChI is InChI=1S/C15H13N5S/c1-8-19-12-4-3-9(5-13(12)21-8)10-6-17-14-11(10)7-18-15(16-2)20-14/h3-7H,1-2H3,(H2,16,17,18,20). The average molecular weight is 295 g/mol. The predicted molar refractivity (Wildman–Crippen MR) is 86.8 cm³/mol. The Bertz CT molecular complexity index is 953. The Kier molecular flexibility index (Phi) is 2.65. The minimum Gasteiger partial charge on any atom is -0.357 e. The second kappa shape index (κ2) is 4.53. The highest BCUT2D eigenvalue weighted by Crippen LogP contribution is 2.31. The molecule has 0 saturated carbocycles. The van der Waals surface area contributed by atoms with Crippen LogP contribution in [-0.2, 0) is 0 Å². The molecule has 0 unspecified atom stereocenters. The lowest BCUT2D eigenvalue weighted by atomic mass is 10.1. The monoisotopic (exact) mass is 295 g/mol. The van der Waals surface area contributed by atoms with Crippen LogP contribution in [0.2, 0.25) is 0 Å². The van der Waals surface area contributed by atoms with Crippen LogP contribution in [0.25, 0.3) is 32.4 Å². The molecule has 4 aromatic rings. The smallest absolute Gasteiger partial charge is 0.224 e. The predicted octanol–water partition coefficient (Wildman–Crippen LogP) is 3.58. The Morgan fingerprint density at radius 1 is 1.24 bits per heavy atom. The molecule has 1 aromatic carbocycles. The van der Waals surface area contributed by atoms with Crippen LogP contribution < -0.4 is 5.32 Å². The molecule has 3 aromatic heterocycles. The third-order valence-electron chi connectivity index (χ3n) is 3.46. The maximum Gasteiger partial charge on any atom is 0.224 e. The molecule has 0 atom stereocenters. The number of hydrogen-bond acceptors (Lipinski definition) is 5. The van der Waals surface area contributed by atoms with Gasteiger partial charge < -0.3 is 10.3 Å². The number of aryl methyl sites for hydroxylation is 1. The summed E-state index contributed by atoms with van der Waals surface area (Å²) in [4.78, 5) is 16.4. The summed E-state index contributed by atoms with van der Waals surface area (Å²) in [5, 5.41) is 5.06. The van der Waals surface area contributed by atoms with E-state index in [0.29, 0.717) is 5.95 Å². The fourth-order valence-electron chi connectivity index (χ4n) is 2.47. The molecule has 2 N–H and O–H groups in total. The summed E-state index contributed by atoms with van der Waals surface area (Å²) in [5.41, 5.74) is 4.15. The highest BCUT2D eigenvalue weighted by molar-refractivity contribution is 7.18. The molecule has 0 fully saturated rings. The Labute approximate surface area is 125 Å². The zero-order valence-corrected chi connectivity index (χ0v) is 12.5. The number of thiazole rings is 1. The van der Waals surface area contributed by atoms with E-state index in [-0.39, 0.29) is 0 Å². The van der Waals surface area contributed by atoms with Crippen LogP contribution >= 0.6 is 11.3 Å². The largest absolute Gasteiger partial charge is 0.357 e. The fourth-order valence-corrected chi connectivity index (χ4v) is 3.34. The molecular weight excluding hydrogens is 282 g/mol. The summed E-state index contributed by atoms with van der Waals surface area (Å²) in [6.07, 6.45) is 3.83. The number of fused-ring (bicyclic) bond motifs is 2. The van der Waals surface area contributed by atoms with Crippen LogP contribution in [0.3, 0.4) is 0 Å². The van der Waals surface area contributed by atoms with Gasteiger partial charge in [-0.2, -0.15) is 4.98 Å². The van der Waals surface area contributed by atoms with Crippen LogP contribution in [0.1, 0.15) is 5.01 Å². The van der Waals surface area contributed by atoms with Crippen molar-refractivity contribution in [1.82, 2.24) is 19.9 Å². The van der Waals surface area contributed by atoms with E-state index >= 15 is 0 Å². The van der Waals surface area contributed by atoms with Crippen molar-refractivity contribution in [2.75, 3.05) is 12.4 Å². The highest BCUT2D eigenvalue weighted by atomic mass is 32.1. The first-order valence-electron chi connectivity index (χ1n) is 6.64. The molecule has 4 rings (SSSR count). The molecule has 5 nitrogen and oxygen atoms in total. The van der Waals surface area contributed by atoms with Gasteiger partial charge in [-0.25, -0.2) is 9.97 Å². The summed E-state index contributed by atoms with van der Waals surface area (Å²) < 4.78 is 1.20. The van der Waals surface area contributed by atoms with Crippen molar-refractivity contribution in [3.63, 3.8) is 0 Å². The molecule has 0 aliphatic heterocycles. The number of anilines is 1. The Morgan fingerprint density at radius 3 is 3.00 bits per heavy atom. The molecule has 6 heteroatoms. The second-order valence-electron chi connectivity index (χ2n) is 4.82. The maximum absolute atomic E-state index is 4.50. The number of hydrogen-bond donors (Lipinski definition) is 2. The van der Waals surface area contributed by atoms with Gasteiger partial charge in [-0.05, 0) is 24.6 Å². The zero-order valence-electron chi connectivity index (χ0n) is 11.6. The lowest BCUT2D eigenvalue weighted by molar-refractivity contribution is 1.18. The number of nitrogens with zero attached hydrogens (tertiary/aromatic N) is 3. The minimum atomic E-state index is 0.615. The van der Waals surface area contributed by atoms with Gasteiger partial charge in [-0.1, -0.05) is 6.07 Å². The third-order valence-corrected chi connectivity index (χ3v) is 4.40. The molecule has 0 spiro atoms. The molecule has 3 heterocycles. The first-order chi connectivity index (χ1) is 10.2. The Morgan fingerprint density at radius 2 is 2.14 bits per heavy atom. The average Bonchev–Trinajstić information content (AvgIpc) is 3.07. The Hall–Kier alpha value is -2.47. The summed E-state index contributed by atoms with van der Waals surface area (Å²) in [5.74, 6) is 0.615. The first-order valence-corrected chi connectivity index (χ1v) is 7.46. The van der Waals surface area contributed by atoms with Crippen molar-refractivity contribution in [2.45, 2.75) is 6.92 Å². The highest BCUT2D eigenvalue weighted by Gasteiger charge is 2.10. The summed E-state index contributed by atoms with van der Waals surface area (Å²) >= 11 is 1.71. The van der Waals surface area contributed by atoms with Crippen LogP contribution in [0, 0.1) is 6.92 Å². The van der Waals surface area contributed by atoms with Gasteiger partial charge in [0.1, 0.15) is 5.65 Å². The molecule has 0 aliphatic carbocycles. The number of benzene rings is 1. The lowest BCUT2D eigenvalue weighted by Gasteiger charge is -2.00. The SMILES string of the molecule is CNc1ncc2c(-c3ccc4nc(C)sc4c3)c[nH]c2n1. The summed E-state index contributed by atoms with van der Waals surface area (Å²) in [7, 11) is 1.81. The van der Waals surface area contributed by atoms with Gasteiger partial charge in [0, 0.05) is 30.4 Å². The van der Waals surface area contributed by atoms with Crippen LogP contribution in [-0.4, -0.2) is 27.0 Å². The van der Waals surface area contributed by atoms with E-state index in [2.05, 4.69) is 43.5 Å². The second-order valence-corrected chi connectivity index (χ2v) is 6.06. The number of aromatic nitrogens is 4. The third kappa shape index (κ3) is 1.95. The van der Waals surface area contributed by atoms with Crippen molar-refractivity contribution in [3.8, 4) is 11.1 Å². The van der Waals surface area contributed by atoms with Gasteiger partial charge in [-0.15, -0.1) is 11.3 Å². The van der Waals surface area contributed by atoms with Crippen molar-refractivity contribution in [2.24, 2.45) is 0 Å². The summed E-state index contributed by atoms with van der Waals surface area (Å²) in [6.45, 7) is 2.03. The minimum absolute atomic E-state index is 0.615. The van der Waals surface area contributed by atoms with Crippen LogP contribution in [0.15, 0.2) is 30.6 Å². The normalized spacial score (nSPS) is 11.3. The summed E-state index contributed by atoms with van der Waals surface area (Å²) in [6, 6.07) is 6.33. The van der Waals surface area contributed by atoms with Crippen molar-refractivity contribution >= 4 is 38.5 Å². The van der Waals surface area contributed by atoms with Gasteiger partial charge in [0.15, 0.2) is 0 Å². The quantitative estimate of drug-likeness (QED) is 0.593. The van der Waals surface area contributed by atoms with E-state index in [9.17, 15) is 0 Å². The van der Waals surface area contributed by atoms with Gasteiger partial charge in [0.25, 0.3) is 0 Å². The zero-order chi connectivity index (χ0) is 14.4. The van der Waals surface area contributed by atoms with Crippen LogP contribution in [0.4, 0.5) is 5.95 Å². The molecule has 0 bridgehead atoms. The molecule has 0 aliphatic rings. The van der Waals surface area contributed by atoms with E-state index in [4.69, 9.17) is 0 Å². The molecule has 104 valence electrons. The number of nitrogens with one attached hydrogen (secondary N) is 2. The molecular formula is C15H13N5S. The lowest BCUT2D eigenvalue weighted by Crippen LogP contribution is -1.95. The number of H-pyrrole nitrogens is 1.